The van der Waals surface area contributed by atoms with E-state index in [1.165, 1.54) is 12.1 Å². The van der Waals surface area contributed by atoms with Crippen molar-refractivity contribution < 1.29 is 4.39 Å². The van der Waals surface area contributed by atoms with E-state index < -0.39 is 0 Å². The van der Waals surface area contributed by atoms with Gasteiger partial charge in [-0.25, -0.2) is 9.37 Å². The van der Waals surface area contributed by atoms with Crippen molar-refractivity contribution in [2.24, 2.45) is 5.73 Å². The first kappa shape index (κ1) is 12.5. The molecule has 1 aromatic carbocycles. The van der Waals surface area contributed by atoms with Crippen molar-refractivity contribution in [3.8, 4) is 11.1 Å². The number of aromatic nitrogens is 2. The lowest BCUT2D eigenvalue weighted by molar-refractivity contribution is 0.611. The molecular weight excluding hydrogens is 257 g/mol. The lowest BCUT2D eigenvalue weighted by atomic mass is 10.0. The first-order valence-corrected chi connectivity index (χ1v) is 6.16. The number of hydrogen-bond acceptors (Lipinski definition) is 3. The number of aromatic amines is 1. The summed E-state index contributed by atoms with van der Waals surface area (Å²) in [5.41, 5.74) is 8.00. The molecule has 0 aliphatic heterocycles. The number of fused-ring (bicyclic) bond motifs is 1. The van der Waals surface area contributed by atoms with Crippen LogP contribution in [0.5, 0.6) is 0 Å². The number of halogens is 1. The molecule has 2 heterocycles. The van der Waals surface area contributed by atoms with Crippen LogP contribution in [0.25, 0.3) is 22.2 Å². The number of benzene rings is 1. The van der Waals surface area contributed by atoms with Crippen LogP contribution in [0.2, 0.25) is 0 Å². The molecule has 0 radical (unpaired) electrons. The van der Waals surface area contributed by atoms with Gasteiger partial charge < -0.3 is 10.7 Å². The number of nitrogens with zero attached hydrogens (tertiary/aromatic N) is 1. The Morgan fingerprint density at radius 1 is 1.20 bits per heavy atom. The molecule has 20 heavy (non-hydrogen) atoms. The maximum atomic E-state index is 13.5. The molecule has 0 aliphatic carbocycles. The van der Waals surface area contributed by atoms with Gasteiger partial charge in [-0.15, -0.1) is 0 Å². The van der Waals surface area contributed by atoms with E-state index in [0.717, 1.165) is 16.5 Å². The van der Waals surface area contributed by atoms with Crippen molar-refractivity contribution >= 4 is 11.0 Å². The molecule has 0 saturated heterocycles. The standard InChI is InChI=1S/C15H12FN3O/c16-13-3-1-9(7-10(13)8-17)11-5-6-18-15-12(11)2-4-14(20)19-15/h1-7H,8,17H2,(H,18,19,20). The third-order valence-corrected chi connectivity index (χ3v) is 3.21. The summed E-state index contributed by atoms with van der Waals surface area (Å²) in [4.78, 5) is 18.1. The number of hydrogen-bond donors (Lipinski definition) is 2. The van der Waals surface area contributed by atoms with E-state index in [4.69, 9.17) is 5.73 Å². The van der Waals surface area contributed by atoms with Crippen molar-refractivity contribution in [2.45, 2.75) is 6.54 Å². The molecule has 0 atom stereocenters. The molecule has 0 spiro atoms. The quantitative estimate of drug-likeness (QED) is 0.749. The average molecular weight is 269 g/mol. The Morgan fingerprint density at radius 3 is 2.85 bits per heavy atom. The van der Waals surface area contributed by atoms with Crippen LogP contribution < -0.4 is 11.3 Å². The Hall–Kier alpha value is -2.53. The van der Waals surface area contributed by atoms with E-state index in [-0.39, 0.29) is 17.9 Å². The highest BCUT2D eigenvalue weighted by atomic mass is 19.1. The van der Waals surface area contributed by atoms with Crippen LogP contribution in [0.15, 0.2) is 47.4 Å². The summed E-state index contributed by atoms with van der Waals surface area (Å²) in [5.74, 6) is -0.317. The summed E-state index contributed by atoms with van der Waals surface area (Å²) in [6.45, 7) is 0.138. The zero-order valence-electron chi connectivity index (χ0n) is 10.6. The van der Waals surface area contributed by atoms with Gasteiger partial charge in [-0.3, -0.25) is 4.79 Å². The normalized spacial score (nSPS) is 10.9. The number of nitrogens with one attached hydrogen (secondary N) is 1. The van der Waals surface area contributed by atoms with E-state index in [2.05, 4.69) is 9.97 Å². The second-order valence-electron chi connectivity index (χ2n) is 4.45. The van der Waals surface area contributed by atoms with E-state index in [1.807, 2.05) is 6.07 Å². The lowest BCUT2D eigenvalue weighted by Crippen LogP contribution is -2.04. The van der Waals surface area contributed by atoms with Gasteiger partial charge in [-0.2, -0.15) is 0 Å². The second kappa shape index (κ2) is 4.86. The van der Waals surface area contributed by atoms with Crippen LogP contribution in [0.3, 0.4) is 0 Å². The van der Waals surface area contributed by atoms with Crippen LogP contribution >= 0.6 is 0 Å². The van der Waals surface area contributed by atoms with Gasteiger partial charge in [0.2, 0.25) is 5.56 Å². The van der Waals surface area contributed by atoms with Gasteiger partial charge in [0.15, 0.2) is 0 Å². The molecular formula is C15H12FN3O. The van der Waals surface area contributed by atoms with E-state index >= 15 is 0 Å². The third-order valence-electron chi connectivity index (χ3n) is 3.21. The summed E-state index contributed by atoms with van der Waals surface area (Å²) in [6.07, 6.45) is 1.61. The van der Waals surface area contributed by atoms with E-state index in [0.29, 0.717) is 11.2 Å². The van der Waals surface area contributed by atoms with Gasteiger partial charge in [-0.05, 0) is 35.4 Å². The summed E-state index contributed by atoms with van der Waals surface area (Å²) in [6, 6.07) is 9.79. The molecule has 2 aromatic heterocycles. The SMILES string of the molecule is NCc1cc(-c2ccnc3[nH]c(=O)ccc23)ccc1F. The van der Waals surface area contributed by atoms with Gasteiger partial charge in [-0.1, -0.05) is 6.07 Å². The molecule has 0 amide bonds. The number of H-pyrrole nitrogens is 1. The van der Waals surface area contributed by atoms with Gasteiger partial charge in [0, 0.05) is 29.8 Å². The van der Waals surface area contributed by atoms with Gasteiger partial charge >= 0.3 is 0 Å². The van der Waals surface area contributed by atoms with Crippen molar-refractivity contribution in [3.05, 3.63) is 64.3 Å². The molecule has 0 bridgehead atoms. The molecule has 0 unspecified atom stereocenters. The fraction of sp³-hybridized carbons (Fsp3) is 0.0667. The fourth-order valence-electron chi connectivity index (χ4n) is 2.21. The van der Waals surface area contributed by atoms with Crippen LogP contribution in [0.1, 0.15) is 5.56 Å². The smallest absolute Gasteiger partial charge is 0.249 e. The maximum absolute atomic E-state index is 13.5. The molecule has 5 heteroatoms. The monoisotopic (exact) mass is 269 g/mol. The van der Waals surface area contributed by atoms with Crippen molar-refractivity contribution in [1.82, 2.24) is 9.97 Å². The number of pyridine rings is 2. The van der Waals surface area contributed by atoms with E-state index in [9.17, 15) is 9.18 Å². The Bertz CT molecular complexity index is 842. The Labute approximate surface area is 114 Å². The highest BCUT2D eigenvalue weighted by Crippen LogP contribution is 2.27. The predicted octanol–water partition coefficient (Wildman–Crippen LogP) is 2.19. The summed E-state index contributed by atoms with van der Waals surface area (Å²) in [5, 5.41) is 0.807. The molecule has 100 valence electrons. The van der Waals surface area contributed by atoms with Crippen molar-refractivity contribution in [1.29, 1.82) is 0 Å². The van der Waals surface area contributed by atoms with Gasteiger partial charge in [0.05, 0.1) is 0 Å². The molecule has 4 nitrogen and oxygen atoms in total. The topological polar surface area (TPSA) is 71.8 Å². The number of rotatable bonds is 2. The summed E-state index contributed by atoms with van der Waals surface area (Å²) in [7, 11) is 0. The Balaban J connectivity index is 2.26. The minimum atomic E-state index is -0.317. The Morgan fingerprint density at radius 2 is 2.05 bits per heavy atom. The molecule has 3 aromatic rings. The van der Waals surface area contributed by atoms with Crippen LogP contribution in [0, 0.1) is 5.82 Å². The molecule has 0 saturated carbocycles. The van der Waals surface area contributed by atoms with Gasteiger partial charge in [0.1, 0.15) is 11.5 Å². The average Bonchev–Trinajstić information content (AvgIpc) is 2.47. The lowest BCUT2D eigenvalue weighted by Gasteiger charge is -2.08. The maximum Gasteiger partial charge on any atom is 0.249 e. The Kier molecular flexibility index (Phi) is 3.04. The third kappa shape index (κ3) is 2.08. The minimum absolute atomic E-state index is 0.138. The second-order valence-corrected chi connectivity index (χ2v) is 4.45. The predicted molar refractivity (Wildman–Crippen MR) is 75.6 cm³/mol. The minimum Gasteiger partial charge on any atom is -0.326 e. The number of nitrogens with two attached hydrogens (primary N) is 1. The highest BCUT2D eigenvalue weighted by Gasteiger charge is 2.08. The molecule has 0 aliphatic rings. The molecule has 3 rings (SSSR count). The zero-order valence-corrected chi connectivity index (χ0v) is 10.6. The van der Waals surface area contributed by atoms with Crippen LogP contribution in [-0.4, -0.2) is 9.97 Å². The van der Waals surface area contributed by atoms with E-state index in [1.54, 1.807) is 24.4 Å². The zero-order chi connectivity index (χ0) is 14.1. The fourth-order valence-corrected chi connectivity index (χ4v) is 2.21. The largest absolute Gasteiger partial charge is 0.326 e. The van der Waals surface area contributed by atoms with Crippen molar-refractivity contribution in [2.75, 3.05) is 0 Å². The van der Waals surface area contributed by atoms with Crippen LogP contribution in [0.4, 0.5) is 4.39 Å². The van der Waals surface area contributed by atoms with Gasteiger partial charge in [0.25, 0.3) is 0 Å². The molecule has 3 N–H and O–H groups in total. The summed E-state index contributed by atoms with van der Waals surface area (Å²) < 4.78 is 13.5. The first-order chi connectivity index (χ1) is 9.69. The highest BCUT2D eigenvalue weighted by molar-refractivity contribution is 5.92. The summed E-state index contributed by atoms with van der Waals surface area (Å²) >= 11 is 0. The van der Waals surface area contributed by atoms with Crippen molar-refractivity contribution in [3.63, 3.8) is 0 Å². The molecule has 0 fully saturated rings. The first-order valence-electron chi connectivity index (χ1n) is 6.16. The van der Waals surface area contributed by atoms with Crippen LogP contribution in [-0.2, 0) is 6.54 Å².